The summed E-state index contributed by atoms with van der Waals surface area (Å²) >= 11 is 0. The molecule has 4 heteroatoms. The standard InChI is InChI=1S/C15H13N3O/c19-15(18-14-3-1-2-7-17-14)10-11-4-5-12-6-8-16-13(12)9-11/h1-9,16H,10H2,(H,17,18,19). The lowest BCUT2D eigenvalue weighted by Crippen LogP contribution is -2.15. The monoisotopic (exact) mass is 251 g/mol. The van der Waals surface area contributed by atoms with Crippen molar-refractivity contribution in [2.24, 2.45) is 0 Å². The van der Waals surface area contributed by atoms with Gasteiger partial charge in [-0.25, -0.2) is 4.98 Å². The van der Waals surface area contributed by atoms with Crippen molar-refractivity contribution < 1.29 is 4.79 Å². The van der Waals surface area contributed by atoms with Gasteiger partial charge in [-0.1, -0.05) is 18.2 Å². The molecule has 0 unspecified atom stereocenters. The average molecular weight is 251 g/mol. The highest BCUT2D eigenvalue weighted by atomic mass is 16.1. The van der Waals surface area contributed by atoms with Crippen molar-refractivity contribution in [1.82, 2.24) is 9.97 Å². The van der Waals surface area contributed by atoms with Crippen LogP contribution >= 0.6 is 0 Å². The second-order valence-electron chi connectivity index (χ2n) is 4.34. The van der Waals surface area contributed by atoms with Crippen LogP contribution in [0.5, 0.6) is 0 Å². The van der Waals surface area contributed by atoms with Crippen LogP contribution < -0.4 is 5.32 Å². The molecule has 2 N–H and O–H groups in total. The molecule has 0 atom stereocenters. The van der Waals surface area contributed by atoms with Gasteiger partial charge in [0.25, 0.3) is 0 Å². The number of nitrogens with zero attached hydrogens (tertiary/aromatic N) is 1. The van der Waals surface area contributed by atoms with Crippen LogP contribution in [0.2, 0.25) is 0 Å². The summed E-state index contributed by atoms with van der Waals surface area (Å²) < 4.78 is 0. The van der Waals surface area contributed by atoms with E-state index >= 15 is 0 Å². The van der Waals surface area contributed by atoms with Crippen molar-refractivity contribution >= 4 is 22.6 Å². The first-order chi connectivity index (χ1) is 9.31. The molecule has 3 rings (SSSR count). The molecule has 0 fully saturated rings. The number of pyridine rings is 1. The van der Waals surface area contributed by atoms with Crippen molar-refractivity contribution in [3.05, 3.63) is 60.4 Å². The number of nitrogens with one attached hydrogen (secondary N) is 2. The zero-order valence-corrected chi connectivity index (χ0v) is 10.3. The van der Waals surface area contributed by atoms with Gasteiger partial charge in [0, 0.05) is 17.9 Å². The van der Waals surface area contributed by atoms with Crippen molar-refractivity contribution in [2.75, 3.05) is 5.32 Å². The van der Waals surface area contributed by atoms with E-state index in [1.54, 1.807) is 12.3 Å². The fraction of sp³-hybridized carbons (Fsp3) is 0.0667. The molecule has 4 nitrogen and oxygen atoms in total. The Morgan fingerprint density at radius 1 is 1.21 bits per heavy atom. The highest BCUT2D eigenvalue weighted by molar-refractivity contribution is 5.92. The molecule has 0 saturated heterocycles. The van der Waals surface area contributed by atoms with Crippen LogP contribution in [0.15, 0.2) is 54.9 Å². The number of H-pyrrole nitrogens is 1. The molecule has 0 spiro atoms. The SMILES string of the molecule is O=C(Cc1ccc2cc[nH]c2c1)Nc1ccccn1. The smallest absolute Gasteiger partial charge is 0.229 e. The molecule has 0 aliphatic heterocycles. The average Bonchev–Trinajstić information content (AvgIpc) is 2.87. The maximum atomic E-state index is 11.9. The van der Waals surface area contributed by atoms with E-state index in [2.05, 4.69) is 15.3 Å². The lowest BCUT2D eigenvalue weighted by Gasteiger charge is -2.04. The Kier molecular flexibility index (Phi) is 2.98. The summed E-state index contributed by atoms with van der Waals surface area (Å²) in [5.74, 6) is 0.512. The van der Waals surface area contributed by atoms with E-state index in [-0.39, 0.29) is 5.91 Å². The zero-order valence-electron chi connectivity index (χ0n) is 10.3. The second kappa shape index (κ2) is 4.94. The molecule has 3 aromatic rings. The third kappa shape index (κ3) is 2.63. The first kappa shape index (κ1) is 11.5. The lowest BCUT2D eigenvalue weighted by molar-refractivity contribution is -0.115. The van der Waals surface area contributed by atoms with Gasteiger partial charge >= 0.3 is 0 Å². The summed E-state index contributed by atoms with van der Waals surface area (Å²) in [7, 11) is 0. The number of hydrogen-bond acceptors (Lipinski definition) is 2. The maximum absolute atomic E-state index is 11.9. The number of carbonyl (C=O) groups is 1. The fourth-order valence-corrected chi connectivity index (χ4v) is 2.01. The summed E-state index contributed by atoms with van der Waals surface area (Å²) in [5, 5.41) is 3.92. The number of anilines is 1. The number of amides is 1. The van der Waals surface area contributed by atoms with E-state index in [0.717, 1.165) is 16.5 Å². The zero-order chi connectivity index (χ0) is 13.1. The molecule has 2 aromatic heterocycles. The topological polar surface area (TPSA) is 57.8 Å². The van der Waals surface area contributed by atoms with Crippen molar-refractivity contribution in [3.8, 4) is 0 Å². The third-order valence-electron chi connectivity index (χ3n) is 2.92. The minimum atomic E-state index is -0.0652. The molecular formula is C15H13N3O. The molecule has 0 aliphatic rings. The van der Waals surface area contributed by atoms with Crippen LogP contribution in [0.4, 0.5) is 5.82 Å². The predicted octanol–water partition coefficient (Wildman–Crippen LogP) is 2.74. The van der Waals surface area contributed by atoms with Crippen molar-refractivity contribution in [3.63, 3.8) is 0 Å². The lowest BCUT2D eigenvalue weighted by atomic mass is 10.1. The van der Waals surface area contributed by atoms with Gasteiger partial charge in [0.1, 0.15) is 5.82 Å². The van der Waals surface area contributed by atoms with E-state index in [9.17, 15) is 4.79 Å². The van der Waals surface area contributed by atoms with Gasteiger partial charge in [-0.2, -0.15) is 0 Å². The molecule has 2 heterocycles. The van der Waals surface area contributed by atoms with Crippen LogP contribution in [0, 0.1) is 0 Å². The Labute approximate surface area is 110 Å². The molecule has 94 valence electrons. The maximum Gasteiger partial charge on any atom is 0.229 e. The Morgan fingerprint density at radius 3 is 3.00 bits per heavy atom. The first-order valence-electron chi connectivity index (χ1n) is 6.08. The van der Waals surface area contributed by atoms with E-state index in [1.807, 2.05) is 42.6 Å². The number of rotatable bonds is 3. The highest BCUT2D eigenvalue weighted by Gasteiger charge is 2.05. The number of carbonyl (C=O) groups excluding carboxylic acids is 1. The predicted molar refractivity (Wildman–Crippen MR) is 74.9 cm³/mol. The van der Waals surface area contributed by atoms with Crippen LogP contribution in [0.1, 0.15) is 5.56 Å². The summed E-state index contributed by atoms with van der Waals surface area (Å²) in [4.78, 5) is 19.1. The molecule has 0 aliphatic carbocycles. The number of aromatic nitrogens is 2. The van der Waals surface area contributed by atoms with Gasteiger partial charge < -0.3 is 10.3 Å². The Balaban J connectivity index is 1.72. The van der Waals surface area contributed by atoms with E-state index in [0.29, 0.717) is 12.2 Å². The Hall–Kier alpha value is -2.62. The van der Waals surface area contributed by atoms with Crippen LogP contribution in [-0.4, -0.2) is 15.9 Å². The van der Waals surface area contributed by atoms with E-state index < -0.39 is 0 Å². The number of fused-ring (bicyclic) bond motifs is 1. The minimum absolute atomic E-state index is 0.0652. The third-order valence-corrected chi connectivity index (χ3v) is 2.92. The van der Waals surface area contributed by atoms with Crippen molar-refractivity contribution in [2.45, 2.75) is 6.42 Å². The molecular weight excluding hydrogens is 238 g/mol. The summed E-state index contributed by atoms with van der Waals surface area (Å²) in [6.07, 6.45) is 3.88. The molecule has 0 radical (unpaired) electrons. The quantitative estimate of drug-likeness (QED) is 0.752. The minimum Gasteiger partial charge on any atom is -0.361 e. The summed E-state index contributed by atoms with van der Waals surface area (Å²) in [6.45, 7) is 0. The van der Waals surface area contributed by atoms with E-state index in [1.165, 1.54) is 0 Å². The first-order valence-corrected chi connectivity index (χ1v) is 6.08. The Bertz CT molecular complexity index is 703. The molecule has 1 aromatic carbocycles. The van der Waals surface area contributed by atoms with E-state index in [4.69, 9.17) is 0 Å². The normalized spacial score (nSPS) is 10.5. The second-order valence-corrected chi connectivity index (χ2v) is 4.34. The van der Waals surface area contributed by atoms with Gasteiger partial charge in [0.15, 0.2) is 0 Å². The van der Waals surface area contributed by atoms with Gasteiger partial charge in [-0.05, 0) is 35.2 Å². The van der Waals surface area contributed by atoms with Gasteiger partial charge in [-0.15, -0.1) is 0 Å². The number of benzene rings is 1. The molecule has 19 heavy (non-hydrogen) atoms. The van der Waals surface area contributed by atoms with Crippen LogP contribution in [-0.2, 0) is 11.2 Å². The van der Waals surface area contributed by atoms with Gasteiger partial charge in [-0.3, -0.25) is 4.79 Å². The number of hydrogen-bond donors (Lipinski definition) is 2. The molecule has 0 saturated carbocycles. The number of aromatic amines is 1. The summed E-state index contributed by atoms with van der Waals surface area (Å²) in [5.41, 5.74) is 2.02. The van der Waals surface area contributed by atoms with Gasteiger partial charge in [0.05, 0.1) is 6.42 Å². The fourth-order valence-electron chi connectivity index (χ4n) is 2.01. The Morgan fingerprint density at radius 2 is 2.16 bits per heavy atom. The highest BCUT2D eigenvalue weighted by Crippen LogP contribution is 2.14. The molecule has 0 bridgehead atoms. The largest absolute Gasteiger partial charge is 0.361 e. The van der Waals surface area contributed by atoms with Gasteiger partial charge in [0.2, 0.25) is 5.91 Å². The van der Waals surface area contributed by atoms with Crippen molar-refractivity contribution in [1.29, 1.82) is 0 Å². The molecule has 1 amide bonds. The summed E-state index contributed by atoms with van der Waals surface area (Å²) in [6, 6.07) is 13.4. The van der Waals surface area contributed by atoms with Crippen LogP contribution in [0.3, 0.4) is 0 Å². The van der Waals surface area contributed by atoms with Crippen LogP contribution in [0.25, 0.3) is 10.9 Å².